The summed E-state index contributed by atoms with van der Waals surface area (Å²) in [5.74, 6) is -0.759. The fourth-order valence-corrected chi connectivity index (χ4v) is 5.29. The molecule has 1 saturated heterocycles. The lowest BCUT2D eigenvalue weighted by molar-refractivity contribution is -0.135. The van der Waals surface area contributed by atoms with Gasteiger partial charge in [0, 0.05) is 23.7 Å². The van der Waals surface area contributed by atoms with Crippen LogP contribution >= 0.6 is 11.8 Å². The van der Waals surface area contributed by atoms with Gasteiger partial charge >= 0.3 is 0 Å². The molecule has 0 spiro atoms. The van der Waals surface area contributed by atoms with Crippen LogP contribution in [-0.2, 0) is 14.4 Å². The van der Waals surface area contributed by atoms with E-state index >= 15 is 0 Å². The third-order valence-electron chi connectivity index (χ3n) is 5.74. The predicted molar refractivity (Wildman–Crippen MR) is 123 cm³/mol. The van der Waals surface area contributed by atoms with Crippen molar-refractivity contribution >= 4 is 40.9 Å². The monoisotopic (exact) mass is 437 g/mol. The first-order valence-corrected chi connectivity index (χ1v) is 11.5. The van der Waals surface area contributed by atoms with Gasteiger partial charge in [-0.1, -0.05) is 29.8 Å². The summed E-state index contributed by atoms with van der Waals surface area (Å²) in [6.07, 6.45) is 3.05. The molecule has 1 N–H and O–H groups in total. The molecule has 2 heterocycles. The van der Waals surface area contributed by atoms with Crippen LogP contribution in [0.5, 0.6) is 0 Å². The third kappa shape index (κ3) is 4.61. The standard InChI is InChI=1S/C24H27N3O3S/c1-16-10-11-18(17(2)14-16)25-21(28)15-27-19-8-4-5-9-20(19)31-22(24(27)30)23(29)26-12-6-3-7-13-26/h4-5,8-11,14,22H,3,6-7,12-13,15H2,1-2H3,(H,25,28). The van der Waals surface area contributed by atoms with Gasteiger partial charge in [0.25, 0.3) is 5.91 Å². The number of anilines is 2. The smallest absolute Gasteiger partial charge is 0.250 e. The molecule has 7 heteroatoms. The number of hydrogen-bond donors (Lipinski definition) is 1. The lowest BCUT2D eigenvalue weighted by atomic mass is 10.1. The molecule has 0 bridgehead atoms. The summed E-state index contributed by atoms with van der Waals surface area (Å²) in [6, 6.07) is 13.3. The number of rotatable bonds is 4. The Balaban J connectivity index is 1.55. The minimum atomic E-state index is -0.845. The van der Waals surface area contributed by atoms with Crippen molar-refractivity contribution in [3.8, 4) is 0 Å². The molecule has 3 amide bonds. The third-order valence-corrected chi connectivity index (χ3v) is 6.98. The zero-order chi connectivity index (χ0) is 22.0. The first kappa shape index (κ1) is 21.4. The summed E-state index contributed by atoms with van der Waals surface area (Å²) in [4.78, 5) is 43.4. The Morgan fingerprint density at radius 2 is 1.81 bits per heavy atom. The molecular weight excluding hydrogens is 410 g/mol. The second kappa shape index (κ2) is 9.14. The van der Waals surface area contributed by atoms with E-state index in [4.69, 9.17) is 0 Å². The van der Waals surface area contributed by atoms with E-state index in [-0.39, 0.29) is 24.3 Å². The van der Waals surface area contributed by atoms with Gasteiger partial charge in [0.2, 0.25) is 11.8 Å². The maximum absolute atomic E-state index is 13.3. The van der Waals surface area contributed by atoms with Crippen molar-refractivity contribution in [1.29, 1.82) is 0 Å². The van der Waals surface area contributed by atoms with Crippen LogP contribution in [0.15, 0.2) is 47.4 Å². The number of thioether (sulfide) groups is 1. The highest BCUT2D eigenvalue weighted by atomic mass is 32.2. The average molecular weight is 438 g/mol. The fourth-order valence-electron chi connectivity index (χ4n) is 4.10. The van der Waals surface area contributed by atoms with E-state index in [1.54, 1.807) is 4.90 Å². The second-order valence-electron chi connectivity index (χ2n) is 8.14. The number of fused-ring (bicyclic) bond motifs is 1. The Labute approximate surface area is 187 Å². The van der Waals surface area contributed by atoms with Crippen molar-refractivity contribution in [2.45, 2.75) is 43.3 Å². The van der Waals surface area contributed by atoms with E-state index in [0.29, 0.717) is 18.8 Å². The van der Waals surface area contributed by atoms with Gasteiger partial charge < -0.3 is 15.1 Å². The molecule has 2 aromatic carbocycles. The first-order valence-electron chi connectivity index (χ1n) is 10.7. The maximum Gasteiger partial charge on any atom is 0.250 e. The average Bonchev–Trinajstić information content (AvgIpc) is 2.77. The molecule has 6 nitrogen and oxygen atoms in total. The quantitative estimate of drug-likeness (QED) is 0.740. The van der Waals surface area contributed by atoms with Gasteiger partial charge in [-0.15, -0.1) is 11.8 Å². The Bertz CT molecular complexity index is 1020. The molecule has 0 radical (unpaired) electrons. The molecular formula is C24H27N3O3S. The predicted octanol–water partition coefficient (Wildman–Crippen LogP) is 3.76. The number of para-hydroxylation sites is 1. The number of carbonyl (C=O) groups excluding carboxylic acids is 3. The van der Waals surface area contributed by atoms with Gasteiger partial charge in [-0.25, -0.2) is 0 Å². The minimum Gasteiger partial charge on any atom is -0.341 e. The maximum atomic E-state index is 13.3. The van der Waals surface area contributed by atoms with Crippen LogP contribution in [0.3, 0.4) is 0 Å². The molecule has 2 aliphatic rings. The normalized spacial score (nSPS) is 18.5. The summed E-state index contributed by atoms with van der Waals surface area (Å²) >= 11 is 1.29. The van der Waals surface area contributed by atoms with Crippen LogP contribution in [-0.4, -0.2) is 47.5 Å². The number of likely N-dealkylation sites (tertiary alicyclic amines) is 1. The van der Waals surface area contributed by atoms with Crippen LogP contribution in [0.4, 0.5) is 11.4 Å². The highest BCUT2D eigenvalue weighted by Crippen LogP contribution is 2.40. The zero-order valence-corrected chi connectivity index (χ0v) is 18.7. The lowest BCUT2D eigenvalue weighted by Gasteiger charge is -2.36. The number of piperidine rings is 1. The van der Waals surface area contributed by atoms with Gasteiger partial charge in [-0.05, 0) is 56.9 Å². The molecule has 31 heavy (non-hydrogen) atoms. The summed E-state index contributed by atoms with van der Waals surface area (Å²) in [6.45, 7) is 5.19. The summed E-state index contributed by atoms with van der Waals surface area (Å²) in [7, 11) is 0. The molecule has 0 saturated carbocycles. The van der Waals surface area contributed by atoms with Crippen LogP contribution in [0.2, 0.25) is 0 Å². The van der Waals surface area contributed by atoms with E-state index in [1.165, 1.54) is 16.7 Å². The van der Waals surface area contributed by atoms with Crippen LogP contribution in [0.1, 0.15) is 30.4 Å². The van der Waals surface area contributed by atoms with Crippen LogP contribution < -0.4 is 10.2 Å². The van der Waals surface area contributed by atoms with Gasteiger partial charge in [-0.3, -0.25) is 14.4 Å². The van der Waals surface area contributed by atoms with Crippen molar-refractivity contribution in [2.24, 2.45) is 0 Å². The van der Waals surface area contributed by atoms with Crippen molar-refractivity contribution in [2.75, 3.05) is 29.9 Å². The van der Waals surface area contributed by atoms with E-state index in [2.05, 4.69) is 5.32 Å². The molecule has 2 aliphatic heterocycles. The summed E-state index contributed by atoms with van der Waals surface area (Å²) in [5, 5.41) is 2.06. The minimum absolute atomic E-state index is 0.131. The number of amides is 3. The Hall–Kier alpha value is -2.80. The van der Waals surface area contributed by atoms with E-state index < -0.39 is 5.25 Å². The number of nitrogens with zero attached hydrogens (tertiary/aromatic N) is 2. The molecule has 0 aliphatic carbocycles. The van der Waals surface area contributed by atoms with Crippen molar-refractivity contribution < 1.29 is 14.4 Å². The SMILES string of the molecule is Cc1ccc(NC(=O)CN2C(=O)C(C(=O)N3CCCCC3)Sc3ccccc32)c(C)c1. The molecule has 1 unspecified atom stereocenters. The Morgan fingerprint density at radius 3 is 2.55 bits per heavy atom. The van der Waals surface area contributed by atoms with Gasteiger partial charge in [0.05, 0.1) is 5.69 Å². The van der Waals surface area contributed by atoms with Gasteiger partial charge in [0.1, 0.15) is 6.54 Å². The molecule has 1 fully saturated rings. The number of benzene rings is 2. The molecule has 1 atom stereocenters. The Kier molecular flexibility index (Phi) is 6.32. The van der Waals surface area contributed by atoms with Gasteiger partial charge in [-0.2, -0.15) is 0 Å². The zero-order valence-electron chi connectivity index (χ0n) is 17.9. The van der Waals surface area contributed by atoms with Crippen molar-refractivity contribution in [1.82, 2.24) is 4.90 Å². The fraction of sp³-hybridized carbons (Fsp3) is 0.375. The van der Waals surface area contributed by atoms with Crippen LogP contribution in [0, 0.1) is 13.8 Å². The van der Waals surface area contributed by atoms with E-state index in [9.17, 15) is 14.4 Å². The summed E-state index contributed by atoms with van der Waals surface area (Å²) < 4.78 is 0. The topological polar surface area (TPSA) is 69.7 Å². The summed E-state index contributed by atoms with van der Waals surface area (Å²) in [5.41, 5.74) is 3.48. The molecule has 2 aromatic rings. The molecule has 0 aromatic heterocycles. The number of carbonyl (C=O) groups is 3. The first-order chi connectivity index (χ1) is 14.9. The number of hydrogen-bond acceptors (Lipinski definition) is 4. The second-order valence-corrected chi connectivity index (χ2v) is 9.29. The molecule has 162 valence electrons. The largest absolute Gasteiger partial charge is 0.341 e. The van der Waals surface area contributed by atoms with Crippen molar-refractivity contribution in [3.63, 3.8) is 0 Å². The van der Waals surface area contributed by atoms with E-state index in [1.807, 2.05) is 56.3 Å². The highest BCUT2D eigenvalue weighted by Gasteiger charge is 2.41. The van der Waals surface area contributed by atoms with Crippen LogP contribution in [0.25, 0.3) is 0 Å². The number of aryl methyl sites for hydroxylation is 2. The Morgan fingerprint density at radius 1 is 1.06 bits per heavy atom. The van der Waals surface area contributed by atoms with Gasteiger partial charge in [0.15, 0.2) is 5.25 Å². The molecule has 4 rings (SSSR count). The van der Waals surface area contributed by atoms with Crippen molar-refractivity contribution in [3.05, 3.63) is 53.6 Å². The number of nitrogens with one attached hydrogen (secondary N) is 1. The lowest BCUT2D eigenvalue weighted by Crippen LogP contribution is -2.52. The van der Waals surface area contributed by atoms with E-state index in [0.717, 1.165) is 41.0 Å². The highest BCUT2D eigenvalue weighted by molar-refractivity contribution is 8.01.